The third kappa shape index (κ3) is 4.61. The second-order valence-corrected chi connectivity index (χ2v) is 8.45. The lowest BCUT2D eigenvalue weighted by Crippen LogP contribution is -2.48. The Labute approximate surface area is 188 Å². The van der Waals surface area contributed by atoms with Crippen LogP contribution in [0.5, 0.6) is 11.5 Å². The Balaban J connectivity index is 1.09. The van der Waals surface area contributed by atoms with Gasteiger partial charge in [-0.3, -0.25) is 19.8 Å². The summed E-state index contributed by atoms with van der Waals surface area (Å²) in [6.07, 6.45) is 1.66. The number of fused-ring (bicyclic) bond motifs is 1. The van der Waals surface area contributed by atoms with Gasteiger partial charge in [0.15, 0.2) is 22.4 Å². The van der Waals surface area contributed by atoms with Gasteiger partial charge < -0.3 is 18.8 Å². The number of thiazole rings is 1. The van der Waals surface area contributed by atoms with E-state index in [1.807, 2.05) is 17.0 Å². The van der Waals surface area contributed by atoms with Gasteiger partial charge in [0, 0.05) is 38.1 Å². The van der Waals surface area contributed by atoms with Gasteiger partial charge in [-0.15, -0.1) is 11.3 Å². The van der Waals surface area contributed by atoms with Gasteiger partial charge in [-0.2, -0.15) is 0 Å². The van der Waals surface area contributed by atoms with Crippen LogP contribution in [0.1, 0.15) is 21.8 Å². The number of benzene rings is 1. The minimum absolute atomic E-state index is 0.0435. The molecule has 1 saturated heterocycles. The van der Waals surface area contributed by atoms with E-state index in [9.17, 15) is 9.59 Å². The lowest BCUT2D eigenvalue weighted by Gasteiger charge is -2.34. The number of nitrogens with zero attached hydrogens (tertiary/aromatic N) is 3. The molecule has 0 spiro atoms. The highest BCUT2D eigenvalue weighted by atomic mass is 32.1. The first-order valence-electron chi connectivity index (χ1n) is 10.3. The summed E-state index contributed by atoms with van der Waals surface area (Å²) in [6, 6.07) is 9.24. The van der Waals surface area contributed by atoms with Crippen molar-refractivity contribution in [2.24, 2.45) is 0 Å². The van der Waals surface area contributed by atoms with E-state index in [4.69, 9.17) is 13.9 Å². The largest absolute Gasteiger partial charge is 0.459 e. The van der Waals surface area contributed by atoms with Crippen LogP contribution in [-0.4, -0.2) is 59.6 Å². The van der Waals surface area contributed by atoms with Gasteiger partial charge in [0.25, 0.3) is 5.91 Å². The van der Waals surface area contributed by atoms with E-state index in [2.05, 4.69) is 21.3 Å². The summed E-state index contributed by atoms with van der Waals surface area (Å²) in [5.41, 5.74) is 1.82. The van der Waals surface area contributed by atoms with Crippen LogP contribution in [-0.2, 0) is 17.8 Å². The molecule has 10 heteroatoms. The Morgan fingerprint density at radius 1 is 1.09 bits per heavy atom. The molecule has 0 radical (unpaired) electrons. The molecule has 2 aliphatic rings. The van der Waals surface area contributed by atoms with Gasteiger partial charge in [0.2, 0.25) is 12.7 Å². The SMILES string of the molecule is O=C(Nc1nc(CC(=O)N2CCN(Cc3ccc4c(c3)OCO4)CC2)cs1)c1ccco1. The van der Waals surface area contributed by atoms with E-state index in [1.165, 1.54) is 23.2 Å². The summed E-state index contributed by atoms with van der Waals surface area (Å²) in [7, 11) is 0. The average Bonchev–Trinajstić information content (AvgIpc) is 3.56. The molecule has 3 aromatic rings. The zero-order chi connectivity index (χ0) is 21.9. The van der Waals surface area contributed by atoms with Gasteiger partial charge in [0.05, 0.1) is 18.4 Å². The first-order valence-corrected chi connectivity index (χ1v) is 11.2. The number of ether oxygens (including phenoxy) is 2. The number of hydrogen-bond acceptors (Lipinski definition) is 8. The topological polar surface area (TPSA) is 97.1 Å². The number of carbonyl (C=O) groups is 2. The Morgan fingerprint density at radius 2 is 1.94 bits per heavy atom. The summed E-state index contributed by atoms with van der Waals surface area (Å²) in [4.78, 5) is 33.3. The molecular weight excluding hydrogens is 432 g/mol. The zero-order valence-electron chi connectivity index (χ0n) is 17.3. The van der Waals surface area contributed by atoms with E-state index in [0.29, 0.717) is 23.9 Å². The first kappa shape index (κ1) is 20.5. The second kappa shape index (κ2) is 9.01. The Bertz CT molecular complexity index is 1110. The maximum atomic E-state index is 12.7. The third-order valence-corrected chi connectivity index (χ3v) is 6.22. The lowest BCUT2D eigenvalue weighted by molar-refractivity contribution is -0.132. The van der Waals surface area contributed by atoms with Crippen molar-refractivity contribution in [2.75, 3.05) is 38.3 Å². The lowest BCUT2D eigenvalue weighted by atomic mass is 10.1. The maximum absolute atomic E-state index is 12.7. The van der Waals surface area contributed by atoms with E-state index in [1.54, 1.807) is 17.5 Å². The minimum atomic E-state index is -0.360. The Morgan fingerprint density at radius 3 is 2.75 bits per heavy atom. The smallest absolute Gasteiger partial charge is 0.293 e. The summed E-state index contributed by atoms with van der Waals surface area (Å²) in [5.74, 6) is 1.48. The van der Waals surface area contributed by atoms with Crippen molar-refractivity contribution in [3.63, 3.8) is 0 Å². The predicted molar refractivity (Wildman–Crippen MR) is 117 cm³/mol. The van der Waals surface area contributed by atoms with Gasteiger partial charge in [0.1, 0.15) is 0 Å². The van der Waals surface area contributed by atoms with E-state index >= 15 is 0 Å². The third-order valence-electron chi connectivity index (χ3n) is 5.42. The van der Waals surface area contributed by atoms with Crippen LogP contribution in [0, 0.1) is 0 Å². The van der Waals surface area contributed by atoms with E-state index in [-0.39, 0.29) is 30.8 Å². The molecule has 1 N–H and O–H groups in total. The Kier molecular flexibility index (Phi) is 5.78. The first-order chi connectivity index (χ1) is 15.6. The molecule has 2 amide bonds. The quantitative estimate of drug-likeness (QED) is 0.611. The molecule has 0 saturated carbocycles. The molecule has 0 atom stereocenters. The predicted octanol–water partition coefficient (Wildman–Crippen LogP) is 2.60. The highest BCUT2D eigenvalue weighted by Gasteiger charge is 2.23. The number of rotatable bonds is 6. The summed E-state index contributed by atoms with van der Waals surface area (Å²) in [5, 5.41) is 4.93. The van der Waals surface area contributed by atoms with Crippen molar-refractivity contribution in [1.29, 1.82) is 0 Å². The molecule has 0 aliphatic carbocycles. The second-order valence-electron chi connectivity index (χ2n) is 7.60. The standard InChI is InChI=1S/C22H22N4O5S/c27-20(11-16-13-32-22(23-16)24-21(28)18-2-1-9-29-18)26-7-5-25(6-8-26)12-15-3-4-17-19(10-15)31-14-30-17/h1-4,9-10,13H,5-8,11-12,14H2,(H,23,24,28). The van der Waals surface area contributed by atoms with Crippen LogP contribution in [0.3, 0.4) is 0 Å². The van der Waals surface area contributed by atoms with Crippen molar-refractivity contribution < 1.29 is 23.5 Å². The summed E-state index contributed by atoms with van der Waals surface area (Å²) < 4.78 is 15.9. The molecule has 0 unspecified atom stereocenters. The maximum Gasteiger partial charge on any atom is 0.293 e. The number of carbonyl (C=O) groups excluding carboxylic acids is 2. The molecule has 166 valence electrons. The molecule has 9 nitrogen and oxygen atoms in total. The molecule has 1 fully saturated rings. The summed E-state index contributed by atoms with van der Waals surface area (Å²) >= 11 is 1.29. The average molecular weight is 455 g/mol. The van der Waals surface area contributed by atoms with Gasteiger partial charge >= 0.3 is 0 Å². The van der Waals surface area contributed by atoms with Crippen molar-refractivity contribution in [2.45, 2.75) is 13.0 Å². The Hall–Kier alpha value is -3.37. The van der Waals surface area contributed by atoms with Crippen LogP contribution in [0.25, 0.3) is 0 Å². The normalized spacial score (nSPS) is 15.7. The highest BCUT2D eigenvalue weighted by Crippen LogP contribution is 2.32. The number of anilines is 1. The van der Waals surface area contributed by atoms with Crippen molar-refractivity contribution in [3.8, 4) is 11.5 Å². The monoisotopic (exact) mass is 454 g/mol. The van der Waals surface area contributed by atoms with Gasteiger partial charge in [-0.1, -0.05) is 6.07 Å². The van der Waals surface area contributed by atoms with Crippen LogP contribution in [0.15, 0.2) is 46.4 Å². The minimum Gasteiger partial charge on any atom is -0.459 e. The van der Waals surface area contributed by atoms with Crippen LogP contribution in [0.2, 0.25) is 0 Å². The van der Waals surface area contributed by atoms with Crippen molar-refractivity contribution in [1.82, 2.24) is 14.8 Å². The molecule has 4 heterocycles. The number of amides is 2. The molecule has 0 bridgehead atoms. The van der Waals surface area contributed by atoms with Crippen molar-refractivity contribution >= 4 is 28.3 Å². The van der Waals surface area contributed by atoms with Gasteiger partial charge in [-0.05, 0) is 29.8 Å². The molecule has 32 heavy (non-hydrogen) atoms. The van der Waals surface area contributed by atoms with E-state index < -0.39 is 0 Å². The molecule has 2 aliphatic heterocycles. The fourth-order valence-corrected chi connectivity index (χ4v) is 4.44. The highest BCUT2D eigenvalue weighted by molar-refractivity contribution is 7.14. The van der Waals surface area contributed by atoms with Crippen LogP contribution in [0.4, 0.5) is 5.13 Å². The number of furan rings is 1. The summed E-state index contributed by atoms with van der Waals surface area (Å²) in [6.45, 7) is 4.05. The molecule has 1 aromatic carbocycles. The number of hydrogen-bond donors (Lipinski definition) is 1. The van der Waals surface area contributed by atoms with Crippen molar-refractivity contribution in [3.05, 3.63) is 59.0 Å². The van der Waals surface area contributed by atoms with Crippen LogP contribution < -0.4 is 14.8 Å². The van der Waals surface area contributed by atoms with E-state index in [0.717, 1.165) is 31.1 Å². The number of nitrogens with one attached hydrogen (secondary N) is 1. The number of piperazine rings is 1. The fourth-order valence-electron chi connectivity index (χ4n) is 3.73. The molecule has 2 aromatic heterocycles. The molecule has 5 rings (SSSR count). The fraction of sp³-hybridized carbons (Fsp3) is 0.318. The molecular formula is C22H22N4O5S. The zero-order valence-corrected chi connectivity index (χ0v) is 18.1. The number of aromatic nitrogens is 1. The van der Waals surface area contributed by atoms with Crippen LogP contribution >= 0.6 is 11.3 Å². The van der Waals surface area contributed by atoms with Gasteiger partial charge in [-0.25, -0.2) is 4.98 Å².